The Morgan fingerprint density at radius 2 is 1.83 bits per heavy atom. The lowest BCUT2D eigenvalue weighted by Crippen LogP contribution is -2.49. The molecule has 6 nitrogen and oxygen atoms in total. The van der Waals surface area contributed by atoms with Crippen LogP contribution in [0.25, 0.3) is 0 Å². The van der Waals surface area contributed by atoms with Gasteiger partial charge in [-0.15, -0.1) is 0 Å². The molecule has 1 saturated heterocycles. The number of carbonyl (C=O) groups is 3. The fraction of sp³-hybridized carbons (Fsp3) is 0.348. The van der Waals surface area contributed by atoms with Crippen LogP contribution in [-0.2, 0) is 4.79 Å². The van der Waals surface area contributed by atoms with Crippen LogP contribution in [0.3, 0.4) is 0 Å². The Labute approximate surface area is 175 Å². The summed E-state index contributed by atoms with van der Waals surface area (Å²) in [5, 5.41) is 5.66. The number of likely N-dealkylation sites (tertiary alicyclic amines) is 1. The number of hydrogen-bond acceptors (Lipinski definition) is 3. The maximum absolute atomic E-state index is 14.0. The van der Waals surface area contributed by atoms with Gasteiger partial charge in [-0.2, -0.15) is 0 Å². The molecular weight excluding hydrogens is 385 g/mol. The van der Waals surface area contributed by atoms with Crippen LogP contribution in [0.1, 0.15) is 52.5 Å². The van der Waals surface area contributed by atoms with Gasteiger partial charge in [0.05, 0.1) is 16.8 Å². The van der Waals surface area contributed by atoms with E-state index < -0.39 is 11.7 Å². The van der Waals surface area contributed by atoms with Gasteiger partial charge in [0, 0.05) is 25.6 Å². The van der Waals surface area contributed by atoms with Crippen molar-refractivity contribution in [1.29, 1.82) is 0 Å². The first-order valence-electron chi connectivity index (χ1n) is 10.1. The Balaban J connectivity index is 1.82. The number of rotatable bonds is 5. The molecule has 158 valence electrons. The molecule has 2 aromatic rings. The molecule has 0 spiro atoms. The molecule has 30 heavy (non-hydrogen) atoms. The predicted octanol–water partition coefficient (Wildman–Crippen LogP) is 3.52. The van der Waals surface area contributed by atoms with Crippen molar-refractivity contribution in [2.75, 3.05) is 18.4 Å². The quantitative estimate of drug-likeness (QED) is 0.790. The maximum Gasteiger partial charge on any atom is 0.258 e. The van der Waals surface area contributed by atoms with E-state index >= 15 is 0 Å². The molecule has 1 atom stereocenters. The molecule has 0 aliphatic carbocycles. The summed E-state index contributed by atoms with van der Waals surface area (Å²) in [4.78, 5) is 39.3. The first-order valence-corrected chi connectivity index (χ1v) is 10.1. The highest BCUT2D eigenvalue weighted by molar-refractivity contribution is 6.09. The molecule has 1 aliphatic heterocycles. The molecule has 3 rings (SSSR count). The van der Waals surface area contributed by atoms with Crippen molar-refractivity contribution in [1.82, 2.24) is 10.2 Å². The number of benzene rings is 2. The topological polar surface area (TPSA) is 78.5 Å². The lowest BCUT2D eigenvalue weighted by Gasteiger charge is -2.33. The fourth-order valence-electron chi connectivity index (χ4n) is 3.62. The molecule has 0 bridgehead atoms. The van der Waals surface area contributed by atoms with Crippen LogP contribution in [0.5, 0.6) is 0 Å². The van der Waals surface area contributed by atoms with E-state index in [4.69, 9.17) is 0 Å². The SMILES string of the molecule is CCC(=O)NC1CCCN(C(=O)c2cccc(C)c2NC(=O)c2ccccc2F)C1. The number of amides is 3. The molecule has 1 fully saturated rings. The molecule has 0 radical (unpaired) electrons. The molecule has 7 heteroatoms. The normalized spacial score (nSPS) is 16.1. The number of para-hydroxylation sites is 1. The Morgan fingerprint density at radius 3 is 2.57 bits per heavy atom. The van der Waals surface area contributed by atoms with Crippen LogP contribution in [-0.4, -0.2) is 41.8 Å². The number of nitrogens with zero attached hydrogens (tertiary/aromatic N) is 1. The highest BCUT2D eigenvalue weighted by atomic mass is 19.1. The third kappa shape index (κ3) is 4.84. The zero-order chi connectivity index (χ0) is 21.7. The third-order valence-corrected chi connectivity index (χ3v) is 5.26. The van der Waals surface area contributed by atoms with Gasteiger partial charge in [0.2, 0.25) is 5.91 Å². The first-order chi connectivity index (χ1) is 14.4. The van der Waals surface area contributed by atoms with Crippen molar-refractivity contribution >= 4 is 23.4 Å². The standard InChI is InChI=1S/C23H26FN3O3/c1-3-20(28)25-16-9-7-13-27(14-16)23(30)18-11-6-8-15(2)21(18)26-22(29)17-10-4-5-12-19(17)24/h4-6,8,10-12,16H,3,7,9,13-14H2,1-2H3,(H,25,28)(H,26,29). The van der Waals surface area contributed by atoms with Gasteiger partial charge in [-0.1, -0.05) is 31.2 Å². The second-order valence-corrected chi connectivity index (χ2v) is 7.44. The van der Waals surface area contributed by atoms with Crippen molar-refractivity contribution in [3.63, 3.8) is 0 Å². The summed E-state index contributed by atoms with van der Waals surface area (Å²) in [6, 6.07) is 10.8. The smallest absolute Gasteiger partial charge is 0.258 e. The van der Waals surface area contributed by atoms with Crippen LogP contribution >= 0.6 is 0 Å². The zero-order valence-corrected chi connectivity index (χ0v) is 17.2. The van der Waals surface area contributed by atoms with Crippen molar-refractivity contribution in [2.45, 2.75) is 39.2 Å². The number of anilines is 1. The van der Waals surface area contributed by atoms with Gasteiger partial charge >= 0.3 is 0 Å². The molecule has 1 aliphatic rings. The molecule has 0 saturated carbocycles. The molecule has 1 unspecified atom stereocenters. The monoisotopic (exact) mass is 411 g/mol. The first kappa shape index (κ1) is 21.5. The van der Waals surface area contributed by atoms with E-state index in [1.165, 1.54) is 18.2 Å². The summed E-state index contributed by atoms with van der Waals surface area (Å²) in [6.07, 6.45) is 2.00. The summed E-state index contributed by atoms with van der Waals surface area (Å²) < 4.78 is 14.0. The molecule has 2 N–H and O–H groups in total. The van der Waals surface area contributed by atoms with Crippen molar-refractivity contribution in [3.8, 4) is 0 Å². The van der Waals surface area contributed by atoms with E-state index in [0.717, 1.165) is 12.8 Å². The van der Waals surface area contributed by atoms with Gasteiger partial charge in [-0.3, -0.25) is 14.4 Å². The summed E-state index contributed by atoms with van der Waals surface area (Å²) >= 11 is 0. The van der Waals surface area contributed by atoms with E-state index in [1.807, 2.05) is 0 Å². The van der Waals surface area contributed by atoms with Crippen molar-refractivity contribution in [2.24, 2.45) is 0 Å². The summed E-state index contributed by atoms with van der Waals surface area (Å²) in [5.41, 5.74) is 1.34. The molecule has 2 aromatic carbocycles. The largest absolute Gasteiger partial charge is 0.352 e. The minimum Gasteiger partial charge on any atom is -0.352 e. The minimum absolute atomic E-state index is 0.0392. The van der Waals surface area contributed by atoms with Crippen LogP contribution in [0, 0.1) is 12.7 Å². The average molecular weight is 411 g/mol. The van der Waals surface area contributed by atoms with Gasteiger partial charge in [-0.05, 0) is 43.5 Å². The third-order valence-electron chi connectivity index (χ3n) is 5.26. The van der Waals surface area contributed by atoms with Gasteiger partial charge < -0.3 is 15.5 Å². The lowest BCUT2D eigenvalue weighted by molar-refractivity contribution is -0.121. The van der Waals surface area contributed by atoms with Crippen LogP contribution in [0.2, 0.25) is 0 Å². The summed E-state index contributed by atoms with van der Waals surface area (Å²) in [7, 11) is 0. The average Bonchev–Trinajstić information content (AvgIpc) is 2.75. The van der Waals surface area contributed by atoms with E-state index in [-0.39, 0.29) is 23.4 Å². The van der Waals surface area contributed by atoms with Crippen LogP contribution in [0.4, 0.5) is 10.1 Å². The number of halogens is 1. The van der Waals surface area contributed by atoms with Crippen LogP contribution < -0.4 is 10.6 Å². The Kier molecular flexibility index (Phi) is 6.82. The fourth-order valence-corrected chi connectivity index (χ4v) is 3.62. The van der Waals surface area contributed by atoms with Gasteiger partial charge in [-0.25, -0.2) is 4.39 Å². The predicted molar refractivity (Wildman–Crippen MR) is 113 cm³/mol. The molecule has 1 heterocycles. The second-order valence-electron chi connectivity index (χ2n) is 7.44. The summed E-state index contributed by atoms with van der Waals surface area (Å²) in [6.45, 7) is 4.57. The Bertz CT molecular complexity index is 960. The highest BCUT2D eigenvalue weighted by Crippen LogP contribution is 2.25. The maximum atomic E-state index is 14.0. The van der Waals surface area contributed by atoms with Crippen molar-refractivity contribution < 1.29 is 18.8 Å². The molecular formula is C23H26FN3O3. The number of nitrogens with one attached hydrogen (secondary N) is 2. The van der Waals surface area contributed by atoms with E-state index in [9.17, 15) is 18.8 Å². The van der Waals surface area contributed by atoms with Crippen LogP contribution in [0.15, 0.2) is 42.5 Å². The number of aryl methyl sites for hydroxylation is 1. The lowest BCUT2D eigenvalue weighted by atomic mass is 10.0. The van der Waals surface area contributed by atoms with E-state index in [1.54, 1.807) is 43.0 Å². The summed E-state index contributed by atoms with van der Waals surface area (Å²) in [5.74, 6) is -1.49. The number of hydrogen-bond donors (Lipinski definition) is 2. The van der Waals surface area contributed by atoms with E-state index in [0.29, 0.717) is 36.3 Å². The molecule has 0 aromatic heterocycles. The second kappa shape index (κ2) is 9.52. The Morgan fingerprint density at radius 1 is 1.10 bits per heavy atom. The Hall–Kier alpha value is -3.22. The van der Waals surface area contributed by atoms with Gasteiger partial charge in [0.1, 0.15) is 5.82 Å². The minimum atomic E-state index is -0.623. The van der Waals surface area contributed by atoms with Gasteiger partial charge in [0.25, 0.3) is 11.8 Å². The zero-order valence-electron chi connectivity index (χ0n) is 17.2. The van der Waals surface area contributed by atoms with Gasteiger partial charge in [0.15, 0.2) is 0 Å². The number of carbonyl (C=O) groups excluding carboxylic acids is 3. The highest BCUT2D eigenvalue weighted by Gasteiger charge is 2.27. The van der Waals surface area contributed by atoms with E-state index in [2.05, 4.69) is 10.6 Å². The van der Waals surface area contributed by atoms with Crippen molar-refractivity contribution in [3.05, 3.63) is 65.0 Å². The number of piperidine rings is 1. The molecule has 3 amide bonds.